The molecule has 24 heavy (non-hydrogen) atoms. The number of nitrogens with zero attached hydrogens (tertiary/aromatic N) is 2. The molecule has 7 heteroatoms. The summed E-state index contributed by atoms with van der Waals surface area (Å²) in [5.74, 6) is 0.107. The smallest absolute Gasteiger partial charge is 0.262 e. The van der Waals surface area contributed by atoms with Crippen molar-refractivity contribution >= 4 is 21.6 Å². The predicted molar refractivity (Wildman–Crippen MR) is 91.3 cm³/mol. The maximum absolute atomic E-state index is 12.8. The highest BCUT2D eigenvalue weighted by Gasteiger charge is 2.14. The lowest BCUT2D eigenvalue weighted by molar-refractivity contribution is 0.0914. The van der Waals surface area contributed by atoms with Gasteiger partial charge in [0.05, 0.1) is 18.3 Å². The summed E-state index contributed by atoms with van der Waals surface area (Å²) in [5.41, 5.74) is 0.765. The molecule has 0 aliphatic carbocycles. The zero-order valence-electron chi connectivity index (χ0n) is 13.3. The number of benzene rings is 1. The van der Waals surface area contributed by atoms with E-state index in [2.05, 4.69) is 4.98 Å². The number of ether oxygens (including phenoxy) is 1. The molecule has 2 heterocycles. The molecule has 1 atom stereocenters. The quantitative estimate of drug-likeness (QED) is 0.770. The van der Waals surface area contributed by atoms with Crippen LogP contribution < -0.4 is 10.3 Å². The second kappa shape index (κ2) is 6.70. The zero-order valence-corrected chi connectivity index (χ0v) is 14.1. The van der Waals surface area contributed by atoms with Crippen molar-refractivity contribution in [3.05, 3.63) is 57.2 Å². The maximum Gasteiger partial charge on any atom is 0.262 e. The molecule has 5 nitrogen and oxygen atoms in total. The first-order valence-corrected chi connectivity index (χ1v) is 8.29. The Labute approximate surface area is 142 Å². The van der Waals surface area contributed by atoms with Crippen LogP contribution in [0.4, 0.5) is 4.39 Å². The van der Waals surface area contributed by atoms with Crippen molar-refractivity contribution in [3.63, 3.8) is 0 Å². The minimum atomic E-state index is -0.882. The third-order valence-corrected chi connectivity index (χ3v) is 4.93. The van der Waals surface area contributed by atoms with Gasteiger partial charge in [0, 0.05) is 4.88 Å². The molecule has 1 N–H and O–H groups in total. The summed E-state index contributed by atoms with van der Waals surface area (Å²) in [4.78, 5) is 18.6. The second-order valence-electron chi connectivity index (χ2n) is 5.58. The van der Waals surface area contributed by atoms with Crippen molar-refractivity contribution < 1.29 is 14.2 Å². The first kappa shape index (κ1) is 16.6. The van der Waals surface area contributed by atoms with Crippen LogP contribution in [0.1, 0.15) is 10.4 Å². The number of fused-ring (bicyclic) bond motifs is 1. The monoisotopic (exact) mass is 348 g/mol. The van der Waals surface area contributed by atoms with Gasteiger partial charge in [-0.15, -0.1) is 11.3 Å². The van der Waals surface area contributed by atoms with E-state index in [1.165, 1.54) is 46.5 Å². The number of aryl methyl sites for hydroxylation is 2. The van der Waals surface area contributed by atoms with Gasteiger partial charge in [-0.05, 0) is 43.7 Å². The summed E-state index contributed by atoms with van der Waals surface area (Å²) in [7, 11) is 0. The Morgan fingerprint density at radius 3 is 2.75 bits per heavy atom. The molecule has 0 saturated heterocycles. The Bertz CT molecular complexity index is 918. The van der Waals surface area contributed by atoms with Gasteiger partial charge in [-0.1, -0.05) is 0 Å². The minimum absolute atomic E-state index is 0.00223. The summed E-state index contributed by atoms with van der Waals surface area (Å²) in [6.45, 7) is 3.93. The van der Waals surface area contributed by atoms with Crippen molar-refractivity contribution in [3.8, 4) is 5.75 Å². The molecule has 0 aliphatic rings. The van der Waals surface area contributed by atoms with Crippen LogP contribution in [0.3, 0.4) is 0 Å². The van der Waals surface area contributed by atoms with Gasteiger partial charge in [0.25, 0.3) is 5.56 Å². The normalized spacial score (nSPS) is 12.5. The van der Waals surface area contributed by atoms with Crippen LogP contribution in [-0.2, 0) is 6.54 Å². The molecule has 126 valence electrons. The number of aromatic nitrogens is 2. The van der Waals surface area contributed by atoms with E-state index in [0.29, 0.717) is 16.0 Å². The molecule has 0 spiro atoms. The van der Waals surface area contributed by atoms with Crippen LogP contribution in [0.25, 0.3) is 10.2 Å². The van der Waals surface area contributed by atoms with E-state index in [9.17, 15) is 14.3 Å². The topological polar surface area (TPSA) is 64.3 Å². The minimum Gasteiger partial charge on any atom is -0.491 e. The standard InChI is InChI=1S/C17H17FN2O3S/c1-10-11(2)24-16-15(10)17(22)20(9-19-16)7-13(21)8-23-14-5-3-12(18)4-6-14/h3-6,9,13,21H,7-8H2,1-2H3/t13-/m1/s1. The second-order valence-corrected chi connectivity index (χ2v) is 6.79. The summed E-state index contributed by atoms with van der Waals surface area (Å²) in [6.07, 6.45) is 0.563. The van der Waals surface area contributed by atoms with Crippen LogP contribution in [0.15, 0.2) is 35.4 Å². The fourth-order valence-corrected chi connectivity index (χ4v) is 3.39. The van der Waals surface area contributed by atoms with Crippen LogP contribution in [0.2, 0.25) is 0 Å². The summed E-state index contributed by atoms with van der Waals surface area (Å²) >= 11 is 1.49. The Kier molecular flexibility index (Phi) is 4.64. The van der Waals surface area contributed by atoms with Crippen LogP contribution in [0, 0.1) is 19.7 Å². The number of aliphatic hydroxyl groups is 1. The van der Waals surface area contributed by atoms with Gasteiger partial charge in [-0.2, -0.15) is 0 Å². The van der Waals surface area contributed by atoms with Gasteiger partial charge in [-0.3, -0.25) is 9.36 Å². The van der Waals surface area contributed by atoms with Gasteiger partial charge in [0.15, 0.2) is 0 Å². The number of thiophene rings is 1. The average molecular weight is 348 g/mol. The number of rotatable bonds is 5. The molecule has 0 radical (unpaired) electrons. The third kappa shape index (κ3) is 3.32. The third-order valence-electron chi connectivity index (χ3n) is 3.82. The maximum atomic E-state index is 12.8. The molecule has 0 amide bonds. The molecule has 2 aromatic heterocycles. The number of hydrogen-bond acceptors (Lipinski definition) is 5. The van der Waals surface area contributed by atoms with Crippen molar-refractivity contribution in [1.29, 1.82) is 0 Å². The summed E-state index contributed by atoms with van der Waals surface area (Å²) in [5, 5.41) is 10.7. The van der Waals surface area contributed by atoms with E-state index >= 15 is 0 Å². The molecule has 0 aliphatic heterocycles. The zero-order chi connectivity index (χ0) is 17.3. The lowest BCUT2D eigenvalue weighted by atomic mass is 10.2. The van der Waals surface area contributed by atoms with Crippen LogP contribution in [0.5, 0.6) is 5.75 Å². The van der Waals surface area contributed by atoms with Gasteiger partial charge in [0.1, 0.15) is 29.1 Å². The molecule has 0 saturated carbocycles. The van der Waals surface area contributed by atoms with E-state index in [-0.39, 0.29) is 24.5 Å². The number of hydrogen-bond donors (Lipinski definition) is 1. The van der Waals surface area contributed by atoms with Crippen molar-refractivity contribution in [2.75, 3.05) is 6.61 Å². The van der Waals surface area contributed by atoms with Crippen LogP contribution >= 0.6 is 11.3 Å². The molecule has 0 unspecified atom stereocenters. The van der Waals surface area contributed by atoms with Crippen LogP contribution in [-0.4, -0.2) is 27.4 Å². The van der Waals surface area contributed by atoms with Crippen molar-refractivity contribution in [2.45, 2.75) is 26.5 Å². The Balaban J connectivity index is 1.72. The predicted octanol–water partition coefficient (Wildman–Crippen LogP) is 2.65. The SMILES string of the molecule is Cc1sc2ncn(C[C@@H](O)COc3ccc(F)cc3)c(=O)c2c1C. The molecule has 1 aromatic carbocycles. The Hall–Kier alpha value is -2.25. The highest BCUT2D eigenvalue weighted by Crippen LogP contribution is 2.25. The van der Waals surface area contributed by atoms with Gasteiger partial charge >= 0.3 is 0 Å². The molecular weight excluding hydrogens is 331 g/mol. The van der Waals surface area contributed by atoms with E-state index in [1.807, 2.05) is 13.8 Å². The summed E-state index contributed by atoms with van der Waals surface area (Å²) < 4.78 is 19.6. The molecular formula is C17H17FN2O3S. The Morgan fingerprint density at radius 1 is 1.33 bits per heavy atom. The lowest BCUT2D eigenvalue weighted by Gasteiger charge is -2.13. The van der Waals surface area contributed by atoms with Gasteiger partial charge in [-0.25, -0.2) is 9.37 Å². The van der Waals surface area contributed by atoms with Gasteiger partial charge in [0.2, 0.25) is 0 Å². The highest BCUT2D eigenvalue weighted by atomic mass is 32.1. The first-order valence-electron chi connectivity index (χ1n) is 7.47. The molecule has 0 bridgehead atoms. The Morgan fingerprint density at radius 2 is 2.04 bits per heavy atom. The van der Waals surface area contributed by atoms with E-state index < -0.39 is 6.10 Å². The van der Waals surface area contributed by atoms with E-state index in [4.69, 9.17) is 4.74 Å². The fraction of sp³-hybridized carbons (Fsp3) is 0.294. The summed E-state index contributed by atoms with van der Waals surface area (Å²) in [6, 6.07) is 5.54. The number of halogens is 1. The highest BCUT2D eigenvalue weighted by molar-refractivity contribution is 7.18. The van der Waals surface area contributed by atoms with Crippen molar-refractivity contribution in [1.82, 2.24) is 9.55 Å². The number of aliphatic hydroxyl groups excluding tert-OH is 1. The fourth-order valence-electron chi connectivity index (χ4n) is 2.40. The van der Waals surface area contributed by atoms with Gasteiger partial charge < -0.3 is 9.84 Å². The van der Waals surface area contributed by atoms with E-state index in [0.717, 1.165) is 10.4 Å². The van der Waals surface area contributed by atoms with Crippen molar-refractivity contribution in [2.24, 2.45) is 0 Å². The molecule has 0 fully saturated rings. The molecule has 3 rings (SSSR count). The van der Waals surface area contributed by atoms with E-state index in [1.54, 1.807) is 0 Å². The largest absolute Gasteiger partial charge is 0.491 e. The lowest BCUT2D eigenvalue weighted by Crippen LogP contribution is -2.30. The molecule has 3 aromatic rings. The average Bonchev–Trinajstić information content (AvgIpc) is 2.85. The first-order chi connectivity index (χ1) is 11.5.